The maximum Gasteiger partial charge on any atom is 0.407 e. The Morgan fingerprint density at radius 2 is 0.968 bits per heavy atom. The van der Waals surface area contributed by atoms with Crippen molar-refractivity contribution >= 4 is 18.0 Å². The van der Waals surface area contributed by atoms with Gasteiger partial charge in [0.2, 0.25) is 0 Å². The molecular weight excluding hydrogens is 777 g/mol. The van der Waals surface area contributed by atoms with Crippen molar-refractivity contribution in [3.63, 3.8) is 0 Å². The predicted molar refractivity (Wildman–Crippen MR) is 260 cm³/mol. The maximum atomic E-state index is 12.7. The highest BCUT2D eigenvalue weighted by molar-refractivity contribution is 5.69. The van der Waals surface area contributed by atoms with Crippen LogP contribution >= 0.6 is 0 Å². The van der Waals surface area contributed by atoms with Crippen LogP contribution in [0.4, 0.5) is 4.79 Å². The first-order chi connectivity index (χ1) is 30.3. The van der Waals surface area contributed by atoms with Gasteiger partial charge in [-0.05, 0) is 96.2 Å². The fourth-order valence-corrected chi connectivity index (χ4v) is 7.34. The zero-order chi connectivity index (χ0) is 45.6. The molecule has 0 aromatic carbocycles. The molecule has 2 unspecified atom stereocenters. The molecule has 362 valence electrons. The molecule has 1 N–H and O–H groups in total. The topological polar surface area (TPSA) is 103 Å². The van der Waals surface area contributed by atoms with Crippen LogP contribution in [0.3, 0.4) is 0 Å². The van der Waals surface area contributed by atoms with Gasteiger partial charge in [0.15, 0.2) is 0 Å². The van der Waals surface area contributed by atoms with Crippen molar-refractivity contribution in [3.8, 4) is 0 Å². The maximum absolute atomic E-state index is 12.7. The van der Waals surface area contributed by atoms with Crippen molar-refractivity contribution < 1.29 is 33.3 Å². The van der Waals surface area contributed by atoms with Crippen molar-refractivity contribution in [2.24, 2.45) is 11.8 Å². The molecular formula is C53H98N2O7. The summed E-state index contributed by atoms with van der Waals surface area (Å²) in [6.07, 6.45) is 39.6. The number of hydrogen-bond donors (Lipinski definition) is 1. The van der Waals surface area contributed by atoms with Crippen LogP contribution in [-0.4, -0.2) is 75.5 Å². The molecule has 0 saturated heterocycles. The number of esters is 2. The van der Waals surface area contributed by atoms with Crippen molar-refractivity contribution in [1.82, 2.24) is 10.2 Å². The first-order valence-electron chi connectivity index (χ1n) is 25.8. The van der Waals surface area contributed by atoms with Crippen LogP contribution in [0, 0.1) is 11.8 Å². The Balaban J connectivity index is 4.45. The largest absolute Gasteiger partial charge is 0.498 e. The number of hydrogen-bond acceptors (Lipinski definition) is 8. The molecule has 0 aliphatic carbocycles. The van der Waals surface area contributed by atoms with Crippen LogP contribution in [0.25, 0.3) is 0 Å². The number of carbonyl (C=O) groups is 3. The summed E-state index contributed by atoms with van der Waals surface area (Å²) >= 11 is 0. The van der Waals surface area contributed by atoms with Gasteiger partial charge >= 0.3 is 18.0 Å². The van der Waals surface area contributed by atoms with E-state index >= 15 is 0 Å². The molecule has 0 spiro atoms. The summed E-state index contributed by atoms with van der Waals surface area (Å²) in [5.41, 5.74) is 0. The van der Waals surface area contributed by atoms with Gasteiger partial charge < -0.3 is 29.2 Å². The minimum absolute atomic E-state index is 0.0651. The van der Waals surface area contributed by atoms with Gasteiger partial charge in [0, 0.05) is 25.8 Å². The van der Waals surface area contributed by atoms with E-state index in [0.717, 1.165) is 110 Å². The summed E-state index contributed by atoms with van der Waals surface area (Å²) in [6.45, 7) is 19.6. The number of carbonyl (C=O) groups excluding carboxylic acids is 3. The molecule has 0 rings (SSSR count). The third-order valence-electron chi connectivity index (χ3n) is 11.6. The average molecular weight is 875 g/mol. The molecule has 0 aromatic rings. The summed E-state index contributed by atoms with van der Waals surface area (Å²) in [7, 11) is 0. The standard InChI is InChI=1S/C53H98N2O7/c1-7-12-15-17-18-19-20-21-22-23-24-25-26-29-32-37-48(6)59-45-50(47-62-53(58)54-42-36-43-55(10-4)11-5)46-61-52(57)41-35-31-28-27-30-34-40-51(56)60-44-49(38-14-9-3)39-33-16-13-8-2/h18-19,21-22,49-50H,6-17,20,23-47H2,1-5H3,(H,54,58)/b19-18-,22-21-. The number of nitrogens with zero attached hydrogens (tertiary/aromatic N) is 1. The van der Waals surface area contributed by atoms with E-state index in [1.807, 2.05) is 0 Å². The van der Waals surface area contributed by atoms with Crippen LogP contribution in [-0.2, 0) is 28.5 Å². The number of allylic oxidation sites excluding steroid dienone is 5. The second-order valence-corrected chi connectivity index (χ2v) is 17.4. The van der Waals surface area contributed by atoms with E-state index in [-0.39, 0.29) is 37.7 Å². The number of alkyl carbamates (subject to hydrolysis) is 1. The Hall–Kier alpha value is -2.81. The molecule has 0 bridgehead atoms. The predicted octanol–water partition coefficient (Wildman–Crippen LogP) is 14.4. The summed E-state index contributed by atoms with van der Waals surface area (Å²) < 4.78 is 22.9. The Morgan fingerprint density at radius 1 is 0.500 bits per heavy atom. The normalized spacial score (nSPS) is 12.5. The zero-order valence-corrected chi connectivity index (χ0v) is 41.1. The van der Waals surface area contributed by atoms with Gasteiger partial charge in [-0.25, -0.2) is 4.79 Å². The Labute approximate surface area is 382 Å². The van der Waals surface area contributed by atoms with E-state index in [0.29, 0.717) is 37.7 Å². The van der Waals surface area contributed by atoms with E-state index in [4.69, 9.17) is 18.9 Å². The first-order valence-corrected chi connectivity index (χ1v) is 25.8. The quantitative estimate of drug-likeness (QED) is 0.0212. The minimum Gasteiger partial charge on any atom is -0.498 e. The van der Waals surface area contributed by atoms with Crippen molar-refractivity contribution in [3.05, 3.63) is 36.6 Å². The van der Waals surface area contributed by atoms with Crippen LogP contribution in [0.1, 0.15) is 221 Å². The monoisotopic (exact) mass is 875 g/mol. The Bertz CT molecular complexity index is 1110. The molecule has 9 nitrogen and oxygen atoms in total. The van der Waals surface area contributed by atoms with Crippen LogP contribution in [0.2, 0.25) is 0 Å². The van der Waals surface area contributed by atoms with Gasteiger partial charge in [0.25, 0.3) is 0 Å². The second kappa shape index (κ2) is 46.2. The summed E-state index contributed by atoms with van der Waals surface area (Å²) in [6, 6.07) is 0. The van der Waals surface area contributed by atoms with Gasteiger partial charge in [0.05, 0.1) is 24.9 Å². The molecule has 2 atom stereocenters. The van der Waals surface area contributed by atoms with Gasteiger partial charge in [-0.2, -0.15) is 0 Å². The molecule has 0 radical (unpaired) electrons. The fraction of sp³-hybridized carbons (Fsp3) is 0.830. The summed E-state index contributed by atoms with van der Waals surface area (Å²) in [5, 5.41) is 2.84. The third-order valence-corrected chi connectivity index (χ3v) is 11.6. The first kappa shape index (κ1) is 59.2. The van der Waals surface area contributed by atoms with Gasteiger partial charge in [-0.3, -0.25) is 9.59 Å². The molecule has 62 heavy (non-hydrogen) atoms. The van der Waals surface area contributed by atoms with Crippen LogP contribution in [0.5, 0.6) is 0 Å². The lowest BCUT2D eigenvalue weighted by Gasteiger charge is -2.20. The van der Waals surface area contributed by atoms with E-state index in [1.54, 1.807) is 0 Å². The molecule has 0 aromatic heterocycles. The van der Waals surface area contributed by atoms with Crippen molar-refractivity contribution in [2.75, 3.05) is 52.6 Å². The number of rotatable bonds is 46. The summed E-state index contributed by atoms with van der Waals surface area (Å²) in [4.78, 5) is 39.8. The minimum atomic E-state index is -0.467. The van der Waals surface area contributed by atoms with Crippen LogP contribution in [0.15, 0.2) is 36.6 Å². The zero-order valence-electron chi connectivity index (χ0n) is 41.1. The lowest BCUT2D eigenvalue weighted by molar-refractivity contribution is -0.146. The van der Waals surface area contributed by atoms with E-state index in [2.05, 4.69) is 75.7 Å². The number of amides is 1. The number of ether oxygens (including phenoxy) is 4. The average Bonchev–Trinajstić information content (AvgIpc) is 3.27. The lowest BCUT2D eigenvalue weighted by atomic mass is 9.96. The highest BCUT2D eigenvalue weighted by Crippen LogP contribution is 2.19. The van der Waals surface area contributed by atoms with E-state index < -0.39 is 6.09 Å². The molecule has 9 heteroatoms. The molecule has 0 saturated carbocycles. The molecule has 0 aliphatic rings. The molecule has 0 aliphatic heterocycles. The van der Waals surface area contributed by atoms with Crippen molar-refractivity contribution in [2.45, 2.75) is 221 Å². The van der Waals surface area contributed by atoms with Gasteiger partial charge in [0.1, 0.15) is 13.2 Å². The number of nitrogens with one attached hydrogen (secondary N) is 1. The highest BCUT2D eigenvalue weighted by atomic mass is 16.6. The molecule has 0 fully saturated rings. The van der Waals surface area contributed by atoms with E-state index in [9.17, 15) is 14.4 Å². The van der Waals surface area contributed by atoms with Crippen molar-refractivity contribution in [1.29, 1.82) is 0 Å². The van der Waals surface area contributed by atoms with Gasteiger partial charge in [-0.15, -0.1) is 0 Å². The summed E-state index contributed by atoms with van der Waals surface area (Å²) in [5.74, 6) is 0.611. The fourth-order valence-electron chi connectivity index (χ4n) is 7.34. The Kier molecular flexibility index (Phi) is 44.1. The highest BCUT2D eigenvalue weighted by Gasteiger charge is 2.17. The van der Waals surface area contributed by atoms with Crippen LogP contribution < -0.4 is 5.32 Å². The Morgan fingerprint density at radius 3 is 1.56 bits per heavy atom. The van der Waals surface area contributed by atoms with Gasteiger partial charge in [-0.1, -0.05) is 162 Å². The third kappa shape index (κ3) is 41.2. The SMILES string of the molecule is C=C(CCCCCCC/C=C\C/C=C\CCCCC)OCC(COC(=O)CCCCCCCCC(=O)OCC(CCCC)CCCCCC)COC(=O)NCCCN(CC)CC. The number of unbranched alkanes of at least 4 members (excludes halogenated alkanes) is 17. The van der Waals surface area contributed by atoms with E-state index in [1.165, 1.54) is 83.5 Å². The molecule has 1 amide bonds. The molecule has 0 heterocycles. The smallest absolute Gasteiger partial charge is 0.407 e. The second-order valence-electron chi connectivity index (χ2n) is 17.4. The lowest BCUT2D eigenvalue weighted by Crippen LogP contribution is -2.32.